The molecule has 0 N–H and O–H groups in total. The molecule has 3 unspecified atom stereocenters. The van der Waals surface area contributed by atoms with Crippen molar-refractivity contribution in [1.82, 2.24) is 0 Å². The second-order valence-corrected chi connectivity index (χ2v) is 9.62. The monoisotopic (exact) mass is 274 g/mol. The maximum atomic E-state index is 2.71. The SMILES string of the molecule is C[C@H]1CC[C@]2(C)C3CC[C@]4(C)CCCC4C3CC[C@H]2C1. The average Bonchev–Trinajstić information content (AvgIpc) is 2.81. The second-order valence-electron chi connectivity index (χ2n) is 9.62. The van der Waals surface area contributed by atoms with Crippen LogP contribution in [0.2, 0.25) is 0 Å². The number of fused-ring (bicyclic) bond motifs is 5. The Morgan fingerprint density at radius 2 is 1.65 bits per heavy atom. The number of hydrogen-bond donors (Lipinski definition) is 0. The minimum Gasteiger partial charge on any atom is -0.0625 e. The molecule has 7 atom stereocenters. The van der Waals surface area contributed by atoms with Crippen molar-refractivity contribution in [1.29, 1.82) is 0 Å². The largest absolute Gasteiger partial charge is 0.0625 e. The molecule has 0 saturated heterocycles. The minimum atomic E-state index is 0.722. The van der Waals surface area contributed by atoms with Crippen LogP contribution in [0, 0.1) is 40.4 Å². The molecule has 0 aliphatic heterocycles. The lowest BCUT2D eigenvalue weighted by Crippen LogP contribution is -2.52. The van der Waals surface area contributed by atoms with Gasteiger partial charge in [-0.15, -0.1) is 0 Å². The van der Waals surface area contributed by atoms with Gasteiger partial charge in [0.2, 0.25) is 0 Å². The Balaban J connectivity index is 1.62. The number of hydrogen-bond acceptors (Lipinski definition) is 0. The summed E-state index contributed by atoms with van der Waals surface area (Å²) in [6.45, 7) is 7.84. The van der Waals surface area contributed by atoms with E-state index in [-0.39, 0.29) is 0 Å². The highest BCUT2D eigenvalue weighted by molar-refractivity contribution is 5.07. The van der Waals surface area contributed by atoms with Crippen molar-refractivity contribution in [3.05, 3.63) is 0 Å². The Labute approximate surface area is 126 Å². The summed E-state index contributed by atoms with van der Waals surface area (Å²) in [4.78, 5) is 0. The zero-order valence-corrected chi connectivity index (χ0v) is 14.0. The van der Waals surface area contributed by atoms with Gasteiger partial charge < -0.3 is 0 Å². The molecule has 0 nitrogen and oxygen atoms in total. The van der Waals surface area contributed by atoms with Crippen LogP contribution in [0.4, 0.5) is 0 Å². The van der Waals surface area contributed by atoms with Gasteiger partial charge in [-0.2, -0.15) is 0 Å². The van der Waals surface area contributed by atoms with Gasteiger partial charge in [0.1, 0.15) is 0 Å². The summed E-state index contributed by atoms with van der Waals surface area (Å²) in [5, 5.41) is 0. The third-order valence-electron chi connectivity index (χ3n) is 8.71. The van der Waals surface area contributed by atoms with E-state index < -0.39 is 0 Å². The summed E-state index contributed by atoms with van der Waals surface area (Å²) in [6, 6.07) is 0. The van der Waals surface area contributed by atoms with Crippen LogP contribution >= 0.6 is 0 Å². The van der Waals surface area contributed by atoms with E-state index in [9.17, 15) is 0 Å². The molecule has 0 spiro atoms. The van der Waals surface area contributed by atoms with E-state index in [2.05, 4.69) is 20.8 Å². The molecule has 0 heterocycles. The van der Waals surface area contributed by atoms with Gasteiger partial charge in [-0.05, 0) is 91.8 Å². The van der Waals surface area contributed by atoms with Gasteiger partial charge in [0.05, 0.1) is 0 Å². The molecule has 0 bridgehead atoms. The van der Waals surface area contributed by atoms with Crippen molar-refractivity contribution < 1.29 is 0 Å². The van der Waals surface area contributed by atoms with Gasteiger partial charge in [0.25, 0.3) is 0 Å². The Bertz CT molecular complexity index is 385. The first-order valence-corrected chi connectivity index (χ1v) is 9.53. The van der Waals surface area contributed by atoms with E-state index in [1.54, 1.807) is 44.9 Å². The van der Waals surface area contributed by atoms with Gasteiger partial charge in [0, 0.05) is 0 Å². The van der Waals surface area contributed by atoms with Crippen LogP contribution in [0.25, 0.3) is 0 Å². The van der Waals surface area contributed by atoms with E-state index >= 15 is 0 Å². The van der Waals surface area contributed by atoms with E-state index in [4.69, 9.17) is 0 Å². The topological polar surface area (TPSA) is 0 Å². The fourth-order valence-electron chi connectivity index (χ4n) is 7.47. The highest BCUT2D eigenvalue weighted by atomic mass is 14.6. The summed E-state index contributed by atoms with van der Waals surface area (Å²) in [6.07, 6.45) is 15.5. The van der Waals surface area contributed by atoms with Crippen LogP contribution in [0.3, 0.4) is 0 Å². The molecule has 0 radical (unpaired) electrons. The first-order chi connectivity index (χ1) is 9.53. The zero-order chi connectivity index (χ0) is 14.0. The van der Waals surface area contributed by atoms with Crippen LogP contribution in [0.1, 0.15) is 85.0 Å². The highest BCUT2D eigenvalue weighted by Gasteiger charge is 2.57. The fourth-order valence-corrected chi connectivity index (χ4v) is 7.47. The summed E-state index contributed by atoms with van der Waals surface area (Å²) in [5.41, 5.74) is 1.46. The molecule has 20 heavy (non-hydrogen) atoms. The Kier molecular flexibility index (Phi) is 3.07. The molecule has 0 aromatic rings. The Morgan fingerprint density at radius 1 is 0.800 bits per heavy atom. The second kappa shape index (κ2) is 4.50. The van der Waals surface area contributed by atoms with Gasteiger partial charge in [0.15, 0.2) is 0 Å². The van der Waals surface area contributed by atoms with Crippen molar-refractivity contribution in [3.8, 4) is 0 Å². The zero-order valence-electron chi connectivity index (χ0n) is 14.0. The molecule has 4 aliphatic carbocycles. The maximum Gasteiger partial charge on any atom is -0.0266 e. The van der Waals surface area contributed by atoms with Crippen LogP contribution in [0.5, 0.6) is 0 Å². The lowest BCUT2D eigenvalue weighted by molar-refractivity contribution is -0.110. The first-order valence-electron chi connectivity index (χ1n) is 9.53. The van der Waals surface area contributed by atoms with E-state index in [1.807, 2.05) is 0 Å². The van der Waals surface area contributed by atoms with Crippen LogP contribution in [-0.2, 0) is 0 Å². The fraction of sp³-hybridized carbons (Fsp3) is 1.00. The van der Waals surface area contributed by atoms with Gasteiger partial charge in [-0.3, -0.25) is 0 Å². The quantitative estimate of drug-likeness (QED) is 0.504. The van der Waals surface area contributed by atoms with Crippen molar-refractivity contribution >= 4 is 0 Å². The third kappa shape index (κ3) is 1.78. The van der Waals surface area contributed by atoms with Gasteiger partial charge in [-0.25, -0.2) is 0 Å². The molecule has 0 amide bonds. The highest BCUT2D eigenvalue weighted by Crippen LogP contribution is 2.66. The third-order valence-corrected chi connectivity index (χ3v) is 8.71. The average molecular weight is 274 g/mol. The van der Waals surface area contributed by atoms with E-state index in [1.165, 1.54) is 19.3 Å². The van der Waals surface area contributed by atoms with E-state index in [0.717, 1.165) is 40.4 Å². The van der Waals surface area contributed by atoms with Crippen molar-refractivity contribution in [2.75, 3.05) is 0 Å². The molecule has 0 heteroatoms. The lowest BCUT2D eigenvalue weighted by atomic mass is 9.45. The van der Waals surface area contributed by atoms with Gasteiger partial charge >= 0.3 is 0 Å². The standard InChI is InChI=1S/C20H34/c1-14-8-12-20(3)15(13-14)6-7-16-17-5-4-10-19(17,2)11-9-18(16)20/h14-18H,4-13H2,1-3H3/t14-,15-,16?,17?,18?,19-,20-/m0/s1. The number of rotatable bonds is 0. The van der Waals surface area contributed by atoms with Crippen molar-refractivity contribution in [2.45, 2.75) is 85.0 Å². The molecule has 4 fully saturated rings. The normalized spacial score (nSPS) is 58.6. The molecule has 114 valence electrons. The van der Waals surface area contributed by atoms with Crippen molar-refractivity contribution in [2.24, 2.45) is 40.4 Å². The maximum absolute atomic E-state index is 2.71. The minimum absolute atomic E-state index is 0.722. The predicted octanol–water partition coefficient (Wildman–Crippen LogP) is 6.06. The summed E-state index contributed by atoms with van der Waals surface area (Å²) >= 11 is 0. The molecular weight excluding hydrogens is 240 g/mol. The molecule has 4 aliphatic rings. The summed E-state index contributed by atoms with van der Waals surface area (Å²) in [7, 11) is 0. The van der Waals surface area contributed by atoms with Crippen LogP contribution in [-0.4, -0.2) is 0 Å². The smallest absolute Gasteiger partial charge is 0.0266 e. The van der Waals surface area contributed by atoms with Crippen molar-refractivity contribution in [3.63, 3.8) is 0 Å². The van der Waals surface area contributed by atoms with Crippen LogP contribution < -0.4 is 0 Å². The van der Waals surface area contributed by atoms with Gasteiger partial charge in [-0.1, -0.05) is 33.6 Å². The molecule has 0 aromatic carbocycles. The molecule has 4 rings (SSSR count). The molecule has 4 saturated carbocycles. The summed E-state index contributed by atoms with van der Waals surface area (Å²) in [5.74, 6) is 5.36. The molecule has 0 aromatic heterocycles. The van der Waals surface area contributed by atoms with E-state index in [0.29, 0.717) is 0 Å². The first kappa shape index (κ1) is 13.6. The lowest BCUT2D eigenvalue weighted by Gasteiger charge is -2.60. The summed E-state index contributed by atoms with van der Waals surface area (Å²) < 4.78 is 0. The Morgan fingerprint density at radius 3 is 2.50 bits per heavy atom. The Hall–Kier alpha value is 0. The molecular formula is C20H34. The van der Waals surface area contributed by atoms with Crippen LogP contribution in [0.15, 0.2) is 0 Å². The predicted molar refractivity (Wildman–Crippen MR) is 85.5 cm³/mol.